The van der Waals surface area contributed by atoms with Crippen LogP contribution >= 0.6 is 15.9 Å². The van der Waals surface area contributed by atoms with Gasteiger partial charge in [-0.25, -0.2) is 4.39 Å². The molecule has 2 aromatic rings. The highest BCUT2D eigenvalue weighted by Gasteiger charge is 2.19. The number of carbonyl (C=O) groups is 1. The van der Waals surface area contributed by atoms with Gasteiger partial charge in [0.1, 0.15) is 12.4 Å². The minimum Gasteiger partial charge on any atom is -0.489 e. The van der Waals surface area contributed by atoms with Crippen LogP contribution in [0.4, 0.5) is 10.1 Å². The highest BCUT2D eigenvalue weighted by atomic mass is 79.9. The molecule has 0 saturated carbocycles. The first kappa shape index (κ1) is 14.1. The number of fused-ring (bicyclic) bond motifs is 1. The van der Waals surface area contributed by atoms with Crippen LogP contribution in [0.5, 0.6) is 5.75 Å². The van der Waals surface area contributed by atoms with Gasteiger partial charge in [0, 0.05) is 17.4 Å². The number of ketones is 1. The van der Waals surface area contributed by atoms with Crippen LogP contribution in [0.2, 0.25) is 0 Å². The van der Waals surface area contributed by atoms with Gasteiger partial charge in [-0.3, -0.25) is 4.79 Å². The van der Waals surface area contributed by atoms with Crippen LogP contribution in [0.3, 0.4) is 0 Å². The van der Waals surface area contributed by atoms with E-state index in [1.807, 2.05) is 12.1 Å². The summed E-state index contributed by atoms with van der Waals surface area (Å²) in [4.78, 5) is 12.5. The molecule has 0 atom stereocenters. The predicted octanol–water partition coefficient (Wildman–Crippen LogP) is 3.82. The maximum atomic E-state index is 13.3. The van der Waals surface area contributed by atoms with Crippen LogP contribution in [0, 0.1) is 5.82 Å². The van der Waals surface area contributed by atoms with Crippen molar-refractivity contribution in [1.82, 2.24) is 0 Å². The zero-order valence-corrected chi connectivity index (χ0v) is 12.7. The second-order valence-electron chi connectivity index (χ2n) is 4.79. The van der Waals surface area contributed by atoms with Crippen molar-refractivity contribution < 1.29 is 13.9 Å². The normalized spacial score (nSPS) is 13.0. The molecule has 0 amide bonds. The Morgan fingerprint density at radius 1 is 1.33 bits per heavy atom. The molecule has 21 heavy (non-hydrogen) atoms. The van der Waals surface area contributed by atoms with E-state index in [-0.39, 0.29) is 18.0 Å². The van der Waals surface area contributed by atoms with Gasteiger partial charge in [0.05, 0.1) is 11.3 Å². The lowest BCUT2D eigenvalue weighted by Crippen LogP contribution is -2.20. The van der Waals surface area contributed by atoms with Gasteiger partial charge in [-0.1, -0.05) is 22.0 Å². The second kappa shape index (κ2) is 5.85. The number of Topliss-reactive ketones (excluding diaryl/α,β-unsaturated/α-hetero) is 1. The summed E-state index contributed by atoms with van der Waals surface area (Å²) in [7, 11) is 0. The fourth-order valence-electron chi connectivity index (χ4n) is 2.34. The van der Waals surface area contributed by atoms with Gasteiger partial charge < -0.3 is 10.1 Å². The van der Waals surface area contributed by atoms with E-state index in [1.54, 1.807) is 12.1 Å². The molecule has 1 aliphatic rings. The maximum absolute atomic E-state index is 13.3. The topological polar surface area (TPSA) is 38.3 Å². The lowest BCUT2D eigenvalue weighted by molar-refractivity contribution is 0.0989. The van der Waals surface area contributed by atoms with Gasteiger partial charge in [0.2, 0.25) is 0 Å². The summed E-state index contributed by atoms with van der Waals surface area (Å²) in [5, 5.41) is 3.20. The molecular weight excluding hydrogens is 337 g/mol. The number of rotatable bonds is 3. The molecule has 108 valence electrons. The summed E-state index contributed by atoms with van der Waals surface area (Å²) in [6.45, 7) is 1.25. The Balaban J connectivity index is 1.91. The molecule has 0 aromatic heterocycles. The quantitative estimate of drug-likeness (QED) is 0.856. The van der Waals surface area contributed by atoms with Crippen molar-refractivity contribution in [1.29, 1.82) is 0 Å². The fraction of sp³-hybridized carbons (Fsp3) is 0.188. The Kier molecular flexibility index (Phi) is 3.92. The predicted molar refractivity (Wildman–Crippen MR) is 82.6 cm³/mol. The first-order chi connectivity index (χ1) is 10.1. The van der Waals surface area contributed by atoms with Gasteiger partial charge in [-0.15, -0.1) is 0 Å². The molecular formula is C16H13BrFNO2. The Labute approximate surface area is 130 Å². The molecule has 0 radical (unpaired) electrons. The lowest BCUT2D eigenvalue weighted by Gasteiger charge is -2.21. The number of nitrogens with one attached hydrogen (secondary N) is 1. The third-order valence-electron chi connectivity index (χ3n) is 3.34. The average Bonchev–Trinajstić information content (AvgIpc) is 2.50. The zero-order valence-electron chi connectivity index (χ0n) is 11.2. The molecule has 2 aromatic carbocycles. The molecule has 0 fully saturated rings. The Hall–Kier alpha value is -1.88. The third-order valence-corrected chi connectivity index (χ3v) is 4.11. The largest absolute Gasteiger partial charge is 0.489 e. The summed E-state index contributed by atoms with van der Waals surface area (Å²) in [6.07, 6.45) is 0.123. The minimum atomic E-state index is -0.353. The Morgan fingerprint density at radius 3 is 3.05 bits per heavy atom. The smallest absolute Gasteiger partial charge is 0.171 e. The maximum Gasteiger partial charge on any atom is 0.171 e. The number of hydrogen-bond acceptors (Lipinski definition) is 3. The number of hydrogen-bond donors (Lipinski definition) is 1. The van der Waals surface area contributed by atoms with E-state index in [2.05, 4.69) is 21.2 Å². The second-order valence-corrected chi connectivity index (χ2v) is 5.65. The number of ether oxygens (including phenoxy) is 1. The summed E-state index contributed by atoms with van der Waals surface area (Å²) < 4.78 is 19.6. The SMILES string of the molecule is O=C(Cc1cc(F)ccc1Br)c1cccc2c1OCCN2. The molecule has 1 N–H and O–H groups in total. The van der Waals surface area contributed by atoms with Crippen molar-refractivity contribution in [2.75, 3.05) is 18.5 Å². The number of carbonyl (C=O) groups excluding carboxylic acids is 1. The minimum absolute atomic E-state index is 0.0955. The third kappa shape index (κ3) is 2.93. The van der Waals surface area contributed by atoms with E-state index in [9.17, 15) is 9.18 Å². The number of anilines is 1. The highest BCUT2D eigenvalue weighted by molar-refractivity contribution is 9.10. The average molecular weight is 350 g/mol. The van der Waals surface area contributed by atoms with Crippen molar-refractivity contribution >= 4 is 27.4 Å². The van der Waals surface area contributed by atoms with Crippen LogP contribution in [0.1, 0.15) is 15.9 Å². The summed E-state index contributed by atoms with van der Waals surface area (Å²) >= 11 is 3.34. The lowest BCUT2D eigenvalue weighted by atomic mass is 10.0. The van der Waals surface area contributed by atoms with Crippen LogP contribution < -0.4 is 10.1 Å². The van der Waals surface area contributed by atoms with Crippen molar-refractivity contribution in [2.24, 2.45) is 0 Å². The van der Waals surface area contributed by atoms with Crippen molar-refractivity contribution in [3.8, 4) is 5.75 Å². The number of halogens is 2. The summed E-state index contributed by atoms with van der Waals surface area (Å²) in [5.74, 6) is 0.136. The molecule has 3 rings (SSSR count). The van der Waals surface area contributed by atoms with E-state index >= 15 is 0 Å². The molecule has 0 bridgehead atoms. The van der Waals surface area contributed by atoms with E-state index < -0.39 is 0 Å². The van der Waals surface area contributed by atoms with Crippen LogP contribution in [0.25, 0.3) is 0 Å². The first-order valence-electron chi connectivity index (χ1n) is 6.62. The zero-order chi connectivity index (χ0) is 14.8. The molecule has 0 saturated heterocycles. The van der Waals surface area contributed by atoms with E-state index in [1.165, 1.54) is 12.1 Å². The molecule has 0 aliphatic carbocycles. The molecule has 5 heteroatoms. The standard InChI is InChI=1S/C16H13BrFNO2/c17-13-5-4-11(18)8-10(13)9-15(20)12-2-1-3-14-16(12)21-7-6-19-14/h1-5,8,19H,6-7,9H2. The highest BCUT2D eigenvalue weighted by Crippen LogP contribution is 2.32. The molecule has 0 spiro atoms. The van der Waals surface area contributed by atoms with E-state index in [0.29, 0.717) is 23.5 Å². The van der Waals surface area contributed by atoms with Gasteiger partial charge in [-0.05, 0) is 35.9 Å². The van der Waals surface area contributed by atoms with Crippen molar-refractivity contribution in [3.63, 3.8) is 0 Å². The summed E-state index contributed by atoms with van der Waals surface area (Å²) in [6, 6.07) is 9.77. The van der Waals surface area contributed by atoms with Crippen LogP contribution in [-0.2, 0) is 6.42 Å². The van der Waals surface area contributed by atoms with Gasteiger partial charge in [0.25, 0.3) is 0 Å². The van der Waals surface area contributed by atoms with Crippen LogP contribution in [0.15, 0.2) is 40.9 Å². The Bertz CT molecular complexity index is 703. The van der Waals surface area contributed by atoms with Gasteiger partial charge >= 0.3 is 0 Å². The number of para-hydroxylation sites is 1. The molecule has 1 heterocycles. The van der Waals surface area contributed by atoms with Crippen molar-refractivity contribution in [2.45, 2.75) is 6.42 Å². The van der Waals surface area contributed by atoms with E-state index in [0.717, 1.165) is 16.7 Å². The van der Waals surface area contributed by atoms with Gasteiger partial charge in [-0.2, -0.15) is 0 Å². The molecule has 1 aliphatic heterocycles. The monoisotopic (exact) mass is 349 g/mol. The van der Waals surface area contributed by atoms with Crippen LogP contribution in [-0.4, -0.2) is 18.9 Å². The summed E-state index contributed by atoms with van der Waals surface area (Å²) in [5.41, 5.74) is 1.97. The molecule has 0 unspecified atom stereocenters. The number of benzene rings is 2. The Morgan fingerprint density at radius 2 is 2.19 bits per heavy atom. The fourth-order valence-corrected chi connectivity index (χ4v) is 2.72. The first-order valence-corrected chi connectivity index (χ1v) is 7.41. The van der Waals surface area contributed by atoms with Crippen molar-refractivity contribution in [3.05, 3.63) is 57.8 Å². The van der Waals surface area contributed by atoms with Gasteiger partial charge in [0.15, 0.2) is 11.5 Å². The van der Waals surface area contributed by atoms with E-state index in [4.69, 9.17) is 4.74 Å². The molecule has 3 nitrogen and oxygen atoms in total.